The Morgan fingerprint density at radius 1 is 1.03 bits per heavy atom. The number of hydrogen-bond donors (Lipinski definition) is 0. The molecule has 2 aromatic heterocycles. The van der Waals surface area contributed by atoms with Gasteiger partial charge in [0.25, 0.3) is 5.56 Å². The summed E-state index contributed by atoms with van der Waals surface area (Å²) in [5, 5.41) is 0. The lowest BCUT2D eigenvalue weighted by Crippen LogP contribution is -2.39. The quantitative estimate of drug-likeness (QED) is 0.474. The third-order valence-corrected chi connectivity index (χ3v) is 5.99. The van der Waals surface area contributed by atoms with Gasteiger partial charge < -0.3 is 14.2 Å². The maximum atomic E-state index is 13.5. The van der Waals surface area contributed by atoms with Gasteiger partial charge in [0.1, 0.15) is 5.75 Å². The van der Waals surface area contributed by atoms with Crippen LogP contribution in [0.5, 0.6) is 5.75 Å². The van der Waals surface area contributed by atoms with Gasteiger partial charge in [0.05, 0.1) is 12.8 Å². The smallest absolute Gasteiger partial charge is 0.332 e. The van der Waals surface area contributed by atoms with Crippen molar-refractivity contribution in [2.75, 3.05) is 18.6 Å². The molecular formula is C25H25N5O3. The Morgan fingerprint density at radius 3 is 2.58 bits per heavy atom. The Bertz CT molecular complexity index is 1460. The number of imidazole rings is 1. The highest BCUT2D eigenvalue weighted by Gasteiger charge is 2.28. The molecule has 0 atom stereocenters. The zero-order valence-electron chi connectivity index (χ0n) is 18.6. The molecule has 0 unspecified atom stereocenters. The molecule has 0 saturated heterocycles. The van der Waals surface area contributed by atoms with Gasteiger partial charge in [0.2, 0.25) is 5.95 Å². The Labute approximate surface area is 190 Å². The van der Waals surface area contributed by atoms with E-state index in [0.29, 0.717) is 23.7 Å². The topological polar surface area (TPSA) is 74.3 Å². The van der Waals surface area contributed by atoms with Crippen LogP contribution in [0.3, 0.4) is 0 Å². The fraction of sp³-hybridized carbons (Fsp3) is 0.240. The fourth-order valence-corrected chi connectivity index (χ4v) is 4.37. The van der Waals surface area contributed by atoms with Gasteiger partial charge in [-0.3, -0.25) is 13.9 Å². The third kappa shape index (κ3) is 3.53. The van der Waals surface area contributed by atoms with Crippen LogP contribution in [-0.2, 0) is 20.1 Å². The first-order chi connectivity index (χ1) is 16.1. The highest BCUT2D eigenvalue weighted by atomic mass is 16.5. The molecule has 0 radical (unpaired) electrons. The number of hydrogen-bond acceptors (Lipinski definition) is 5. The summed E-state index contributed by atoms with van der Waals surface area (Å²) in [5.74, 6) is 1.38. The summed E-state index contributed by atoms with van der Waals surface area (Å²) < 4.78 is 10.2. The summed E-state index contributed by atoms with van der Waals surface area (Å²) in [4.78, 5) is 33.3. The predicted molar refractivity (Wildman–Crippen MR) is 129 cm³/mol. The highest BCUT2D eigenvalue weighted by molar-refractivity contribution is 5.78. The van der Waals surface area contributed by atoms with E-state index >= 15 is 0 Å². The van der Waals surface area contributed by atoms with Crippen molar-refractivity contribution >= 4 is 28.9 Å². The minimum Gasteiger partial charge on any atom is -0.495 e. The standard InChI is InChI=1S/C25H25N5O3/c1-27-22-21(23(31)30(25(27)32)15-8-12-18-10-4-3-5-11-18)29-17-9-16-28(24(29)26-22)19-13-6-7-14-20(19)33-2/h3-8,10-14H,9,15-17H2,1-2H3/b12-8-. The molecule has 5 rings (SSSR count). The number of rotatable bonds is 5. The number of methoxy groups -OCH3 is 1. The number of benzene rings is 2. The maximum Gasteiger partial charge on any atom is 0.332 e. The van der Waals surface area contributed by atoms with Crippen molar-refractivity contribution in [1.82, 2.24) is 18.7 Å². The minimum absolute atomic E-state index is 0.188. The first-order valence-electron chi connectivity index (χ1n) is 10.9. The SMILES string of the molecule is COc1ccccc1N1CCCn2c1nc1c2c(=O)n(C/C=C\c2ccccc2)c(=O)n1C. The molecule has 0 amide bonds. The van der Waals surface area contributed by atoms with Crippen LogP contribution in [0.4, 0.5) is 11.6 Å². The monoisotopic (exact) mass is 443 g/mol. The average Bonchev–Trinajstić information content (AvgIpc) is 3.25. The van der Waals surface area contributed by atoms with E-state index in [9.17, 15) is 9.59 Å². The van der Waals surface area contributed by atoms with Crippen molar-refractivity contribution < 1.29 is 4.74 Å². The molecule has 4 aromatic rings. The van der Waals surface area contributed by atoms with Gasteiger partial charge in [-0.1, -0.05) is 54.6 Å². The van der Waals surface area contributed by atoms with E-state index in [1.807, 2.05) is 76.2 Å². The zero-order chi connectivity index (χ0) is 22.9. The average molecular weight is 444 g/mol. The van der Waals surface area contributed by atoms with Crippen molar-refractivity contribution in [3.63, 3.8) is 0 Å². The molecular weight excluding hydrogens is 418 g/mol. The maximum absolute atomic E-state index is 13.5. The molecule has 3 heterocycles. The summed E-state index contributed by atoms with van der Waals surface area (Å²) in [7, 11) is 3.30. The molecule has 1 aliphatic heterocycles. The number of fused-ring (bicyclic) bond motifs is 3. The second-order valence-corrected chi connectivity index (χ2v) is 7.98. The van der Waals surface area contributed by atoms with Gasteiger partial charge in [-0.2, -0.15) is 4.98 Å². The van der Waals surface area contributed by atoms with Crippen LogP contribution in [-0.4, -0.2) is 32.3 Å². The van der Waals surface area contributed by atoms with Crippen molar-refractivity contribution in [2.24, 2.45) is 7.05 Å². The summed E-state index contributed by atoms with van der Waals surface area (Å²) in [6, 6.07) is 17.5. The minimum atomic E-state index is -0.385. The largest absolute Gasteiger partial charge is 0.495 e. The van der Waals surface area contributed by atoms with Crippen molar-refractivity contribution in [3.8, 4) is 5.75 Å². The van der Waals surface area contributed by atoms with Crippen LogP contribution in [0.2, 0.25) is 0 Å². The number of ether oxygens (including phenoxy) is 1. The lowest BCUT2D eigenvalue weighted by atomic mass is 10.2. The first-order valence-corrected chi connectivity index (χ1v) is 10.9. The van der Waals surface area contributed by atoms with Gasteiger partial charge in [0, 0.05) is 26.7 Å². The van der Waals surface area contributed by atoms with Crippen LogP contribution < -0.4 is 20.9 Å². The molecule has 33 heavy (non-hydrogen) atoms. The number of anilines is 2. The van der Waals surface area contributed by atoms with Crippen LogP contribution in [0.25, 0.3) is 17.2 Å². The number of aryl methyl sites for hydroxylation is 2. The molecule has 8 heteroatoms. The third-order valence-electron chi connectivity index (χ3n) is 5.99. The van der Waals surface area contributed by atoms with Crippen molar-refractivity contribution in [1.29, 1.82) is 0 Å². The van der Waals surface area contributed by atoms with E-state index in [-0.39, 0.29) is 17.8 Å². The Kier molecular flexibility index (Phi) is 5.34. The molecule has 0 N–H and O–H groups in total. The van der Waals surface area contributed by atoms with E-state index < -0.39 is 0 Å². The van der Waals surface area contributed by atoms with Gasteiger partial charge in [-0.15, -0.1) is 0 Å². The zero-order valence-corrected chi connectivity index (χ0v) is 18.6. The highest BCUT2D eigenvalue weighted by Crippen LogP contribution is 2.36. The van der Waals surface area contributed by atoms with E-state index in [1.54, 1.807) is 14.2 Å². The molecule has 2 aromatic carbocycles. The Balaban J connectivity index is 1.62. The lowest BCUT2D eigenvalue weighted by molar-refractivity contribution is 0.414. The summed E-state index contributed by atoms with van der Waals surface area (Å²) in [5.41, 5.74) is 2.02. The van der Waals surface area contributed by atoms with Crippen molar-refractivity contribution in [3.05, 3.63) is 87.1 Å². The number of para-hydroxylation sites is 2. The van der Waals surface area contributed by atoms with Crippen LogP contribution in [0.15, 0.2) is 70.3 Å². The van der Waals surface area contributed by atoms with Gasteiger partial charge in [-0.25, -0.2) is 4.79 Å². The predicted octanol–water partition coefficient (Wildman–Crippen LogP) is 3.16. The molecule has 0 spiro atoms. The van der Waals surface area contributed by atoms with E-state index in [1.165, 1.54) is 9.13 Å². The first kappa shape index (κ1) is 20.8. The van der Waals surface area contributed by atoms with E-state index in [4.69, 9.17) is 9.72 Å². The van der Waals surface area contributed by atoms with Crippen LogP contribution in [0.1, 0.15) is 12.0 Å². The number of aromatic nitrogens is 4. The Hall–Kier alpha value is -4.07. The second kappa shape index (κ2) is 8.46. The molecule has 0 fully saturated rings. The van der Waals surface area contributed by atoms with Gasteiger partial charge >= 0.3 is 5.69 Å². The normalized spacial score (nSPS) is 13.6. The Morgan fingerprint density at radius 2 is 1.79 bits per heavy atom. The van der Waals surface area contributed by atoms with E-state index in [0.717, 1.165) is 30.0 Å². The molecule has 168 valence electrons. The summed E-state index contributed by atoms with van der Waals surface area (Å²) >= 11 is 0. The molecule has 0 aliphatic carbocycles. The summed E-state index contributed by atoms with van der Waals surface area (Å²) in [6.45, 7) is 1.59. The molecule has 1 aliphatic rings. The fourth-order valence-electron chi connectivity index (χ4n) is 4.37. The molecule has 0 bridgehead atoms. The van der Waals surface area contributed by atoms with Gasteiger partial charge in [-0.05, 0) is 24.1 Å². The lowest BCUT2D eigenvalue weighted by Gasteiger charge is -2.30. The van der Waals surface area contributed by atoms with Crippen LogP contribution >= 0.6 is 0 Å². The summed E-state index contributed by atoms with van der Waals surface area (Å²) in [6.07, 6.45) is 4.58. The molecule has 8 nitrogen and oxygen atoms in total. The number of allylic oxidation sites excluding steroid dienone is 1. The second-order valence-electron chi connectivity index (χ2n) is 7.98. The van der Waals surface area contributed by atoms with E-state index in [2.05, 4.69) is 0 Å². The number of nitrogens with zero attached hydrogens (tertiary/aromatic N) is 5. The van der Waals surface area contributed by atoms with Gasteiger partial charge in [0.15, 0.2) is 11.2 Å². The van der Waals surface area contributed by atoms with Crippen molar-refractivity contribution in [2.45, 2.75) is 19.5 Å². The molecule has 0 saturated carbocycles. The van der Waals surface area contributed by atoms with Crippen LogP contribution in [0, 0.1) is 0 Å².